The molecule has 1 fully saturated rings. The van der Waals surface area contributed by atoms with Gasteiger partial charge in [-0.2, -0.15) is 0 Å². The summed E-state index contributed by atoms with van der Waals surface area (Å²) in [6.07, 6.45) is 0.533. The van der Waals surface area contributed by atoms with Crippen molar-refractivity contribution in [3.63, 3.8) is 0 Å². The molecule has 0 spiro atoms. The highest BCUT2D eigenvalue weighted by molar-refractivity contribution is 7.91. The zero-order chi connectivity index (χ0) is 19.9. The summed E-state index contributed by atoms with van der Waals surface area (Å²) < 4.78 is 22.9. The third-order valence-electron chi connectivity index (χ3n) is 4.95. The molecular weight excluding hydrogens is 380 g/mol. The highest BCUT2D eigenvalue weighted by Crippen LogP contribution is 2.28. The number of benzene rings is 2. The first kappa shape index (κ1) is 18.4. The van der Waals surface area contributed by atoms with Crippen molar-refractivity contribution in [1.82, 2.24) is 5.32 Å². The molecule has 2 heterocycles. The van der Waals surface area contributed by atoms with E-state index in [1.165, 1.54) is 0 Å². The van der Waals surface area contributed by atoms with Gasteiger partial charge in [0.15, 0.2) is 9.84 Å². The Morgan fingerprint density at radius 2 is 1.61 bits per heavy atom. The second-order valence-corrected chi connectivity index (χ2v) is 9.23. The molecule has 0 aliphatic carbocycles. The molecule has 2 aliphatic rings. The van der Waals surface area contributed by atoms with Crippen LogP contribution in [0.15, 0.2) is 48.5 Å². The Labute approximate surface area is 162 Å². The van der Waals surface area contributed by atoms with Gasteiger partial charge in [-0.3, -0.25) is 14.4 Å². The maximum absolute atomic E-state index is 12.5. The number of amides is 3. The van der Waals surface area contributed by atoms with Crippen LogP contribution in [0.3, 0.4) is 0 Å². The fourth-order valence-electron chi connectivity index (χ4n) is 3.56. The number of rotatable bonds is 4. The van der Waals surface area contributed by atoms with Gasteiger partial charge in [0, 0.05) is 6.04 Å². The second-order valence-electron chi connectivity index (χ2n) is 7.00. The van der Waals surface area contributed by atoms with Crippen molar-refractivity contribution in [2.45, 2.75) is 18.9 Å². The fourth-order valence-corrected chi connectivity index (χ4v) is 5.23. The van der Waals surface area contributed by atoms with E-state index >= 15 is 0 Å². The van der Waals surface area contributed by atoms with Crippen LogP contribution in [0, 0.1) is 0 Å². The van der Waals surface area contributed by atoms with Crippen LogP contribution in [0.4, 0.5) is 5.69 Å². The predicted octanol–water partition coefficient (Wildman–Crippen LogP) is 1.33. The van der Waals surface area contributed by atoms with Gasteiger partial charge in [-0.05, 0) is 36.2 Å². The van der Waals surface area contributed by atoms with Crippen LogP contribution < -0.4 is 10.2 Å². The van der Waals surface area contributed by atoms with Crippen molar-refractivity contribution in [1.29, 1.82) is 0 Å². The summed E-state index contributed by atoms with van der Waals surface area (Å²) in [5, 5.41) is 2.74. The highest BCUT2D eigenvalue weighted by atomic mass is 32.2. The average molecular weight is 398 g/mol. The zero-order valence-corrected chi connectivity index (χ0v) is 15.7. The van der Waals surface area contributed by atoms with Gasteiger partial charge in [0.2, 0.25) is 5.91 Å². The maximum atomic E-state index is 12.5. The Kier molecular flexibility index (Phi) is 4.50. The van der Waals surface area contributed by atoms with Gasteiger partial charge in [0.25, 0.3) is 11.8 Å². The third kappa shape index (κ3) is 3.43. The molecule has 7 nitrogen and oxygen atoms in total. The van der Waals surface area contributed by atoms with E-state index in [9.17, 15) is 22.8 Å². The van der Waals surface area contributed by atoms with Gasteiger partial charge in [-0.1, -0.05) is 24.3 Å². The highest BCUT2D eigenvalue weighted by Gasteiger charge is 2.36. The Morgan fingerprint density at radius 3 is 2.14 bits per heavy atom. The number of anilines is 1. The van der Waals surface area contributed by atoms with Crippen LogP contribution in [0.1, 0.15) is 32.7 Å². The summed E-state index contributed by atoms with van der Waals surface area (Å²) in [4.78, 5) is 38.3. The molecule has 1 N–H and O–H groups in total. The lowest BCUT2D eigenvalue weighted by atomic mass is 10.1. The molecule has 1 unspecified atom stereocenters. The summed E-state index contributed by atoms with van der Waals surface area (Å²) in [6, 6.07) is 13.0. The van der Waals surface area contributed by atoms with Gasteiger partial charge in [-0.15, -0.1) is 0 Å². The largest absolute Gasteiger partial charge is 0.352 e. The van der Waals surface area contributed by atoms with Crippen molar-refractivity contribution in [2.24, 2.45) is 0 Å². The molecule has 1 saturated heterocycles. The number of carbonyl (C=O) groups is 3. The summed E-state index contributed by atoms with van der Waals surface area (Å²) in [6.45, 7) is 0. The number of imide groups is 1. The quantitative estimate of drug-likeness (QED) is 0.783. The van der Waals surface area contributed by atoms with Gasteiger partial charge in [-0.25, -0.2) is 13.3 Å². The molecule has 4 rings (SSSR count). The van der Waals surface area contributed by atoms with Gasteiger partial charge < -0.3 is 5.32 Å². The molecule has 1 atom stereocenters. The molecular formula is C20H18N2O5S. The first-order valence-corrected chi connectivity index (χ1v) is 10.7. The molecule has 0 aromatic heterocycles. The van der Waals surface area contributed by atoms with Crippen LogP contribution in [-0.4, -0.2) is 43.7 Å². The lowest BCUT2D eigenvalue weighted by molar-refractivity contribution is -0.121. The van der Waals surface area contributed by atoms with Crippen LogP contribution in [0.25, 0.3) is 0 Å². The summed E-state index contributed by atoms with van der Waals surface area (Å²) >= 11 is 0. The minimum atomic E-state index is -3.05. The number of hydrogen-bond acceptors (Lipinski definition) is 5. The smallest absolute Gasteiger partial charge is 0.266 e. The minimum Gasteiger partial charge on any atom is -0.352 e. The Hall–Kier alpha value is -3.00. The van der Waals surface area contributed by atoms with Crippen LogP contribution in [0.5, 0.6) is 0 Å². The third-order valence-corrected chi connectivity index (χ3v) is 6.72. The van der Waals surface area contributed by atoms with E-state index in [0.29, 0.717) is 28.8 Å². The number of hydrogen-bond donors (Lipinski definition) is 1. The Bertz CT molecular complexity index is 1040. The maximum Gasteiger partial charge on any atom is 0.266 e. The average Bonchev–Trinajstić information content (AvgIpc) is 3.13. The molecule has 144 valence electrons. The molecule has 2 aromatic carbocycles. The van der Waals surface area contributed by atoms with E-state index in [-0.39, 0.29) is 41.7 Å². The van der Waals surface area contributed by atoms with Crippen molar-refractivity contribution >= 4 is 33.2 Å². The summed E-state index contributed by atoms with van der Waals surface area (Å²) in [5.74, 6) is -0.901. The van der Waals surface area contributed by atoms with Crippen molar-refractivity contribution in [3.8, 4) is 0 Å². The number of nitrogens with one attached hydrogen (secondary N) is 1. The lowest BCUT2D eigenvalue weighted by Crippen LogP contribution is -2.36. The lowest BCUT2D eigenvalue weighted by Gasteiger charge is -2.15. The van der Waals surface area contributed by atoms with Crippen LogP contribution in [-0.2, 0) is 21.1 Å². The number of nitrogens with zero attached hydrogens (tertiary/aromatic N) is 1. The number of sulfone groups is 1. The van der Waals surface area contributed by atoms with E-state index in [0.717, 1.165) is 4.90 Å². The predicted molar refractivity (Wildman–Crippen MR) is 103 cm³/mol. The summed E-state index contributed by atoms with van der Waals surface area (Å²) in [7, 11) is -3.05. The van der Waals surface area contributed by atoms with Crippen molar-refractivity contribution in [3.05, 3.63) is 65.2 Å². The van der Waals surface area contributed by atoms with Crippen molar-refractivity contribution in [2.75, 3.05) is 16.4 Å². The SMILES string of the molecule is O=C(Cc1ccc(N2C(=O)c3ccccc3C2=O)cc1)NC1CCS(=O)(=O)C1. The normalized spacial score (nSPS) is 20.3. The molecule has 0 saturated carbocycles. The van der Waals surface area contributed by atoms with E-state index in [4.69, 9.17) is 0 Å². The molecule has 0 radical (unpaired) electrons. The first-order chi connectivity index (χ1) is 13.3. The molecule has 0 bridgehead atoms. The second kappa shape index (κ2) is 6.87. The molecule has 3 amide bonds. The standard InChI is InChI=1S/C20H18N2O5S/c23-18(21-14-9-10-28(26,27)12-14)11-13-5-7-15(8-6-13)22-19(24)16-3-1-2-4-17(16)20(22)25/h1-8,14H,9-12H2,(H,21,23). The molecule has 2 aliphatic heterocycles. The van der Waals surface area contributed by atoms with Crippen LogP contribution >= 0.6 is 0 Å². The molecule has 2 aromatic rings. The summed E-state index contributed by atoms with van der Waals surface area (Å²) in [5.41, 5.74) is 1.90. The first-order valence-electron chi connectivity index (χ1n) is 8.90. The number of carbonyl (C=O) groups excluding carboxylic acids is 3. The van der Waals surface area contributed by atoms with Gasteiger partial charge >= 0.3 is 0 Å². The van der Waals surface area contributed by atoms with Crippen molar-refractivity contribution < 1.29 is 22.8 Å². The topological polar surface area (TPSA) is 101 Å². The van der Waals surface area contributed by atoms with Gasteiger partial charge in [0.1, 0.15) is 0 Å². The molecule has 8 heteroatoms. The van der Waals surface area contributed by atoms with Gasteiger partial charge in [0.05, 0.1) is 34.7 Å². The van der Waals surface area contributed by atoms with E-state index < -0.39 is 9.84 Å². The zero-order valence-electron chi connectivity index (χ0n) is 14.9. The monoisotopic (exact) mass is 398 g/mol. The van der Waals surface area contributed by atoms with Crippen LogP contribution in [0.2, 0.25) is 0 Å². The Morgan fingerprint density at radius 1 is 1.00 bits per heavy atom. The van der Waals surface area contributed by atoms with E-state index in [2.05, 4.69) is 5.32 Å². The number of fused-ring (bicyclic) bond motifs is 1. The Balaban J connectivity index is 1.43. The fraction of sp³-hybridized carbons (Fsp3) is 0.250. The molecule has 28 heavy (non-hydrogen) atoms. The minimum absolute atomic E-state index is 0.0164. The van der Waals surface area contributed by atoms with E-state index in [1.807, 2.05) is 0 Å². The van der Waals surface area contributed by atoms with E-state index in [1.54, 1.807) is 48.5 Å².